The molecule has 0 N–H and O–H groups in total. The molecule has 0 aromatic heterocycles. The molecule has 0 aliphatic carbocycles. The molecule has 4 heteroatoms. The van der Waals surface area contributed by atoms with Gasteiger partial charge in [0.15, 0.2) is 0 Å². The Morgan fingerprint density at radius 1 is 1.06 bits per heavy atom. The van der Waals surface area contributed by atoms with Crippen LogP contribution in [0.25, 0.3) is 0 Å². The first-order chi connectivity index (χ1) is 8.72. The summed E-state index contributed by atoms with van der Waals surface area (Å²) < 4.78 is 5.28. The zero-order valence-electron chi connectivity index (χ0n) is 9.72. The minimum absolute atomic E-state index is 0.451. The predicted molar refractivity (Wildman–Crippen MR) is 73.7 cm³/mol. The number of hydrogen-bond donors (Lipinski definition) is 0. The summed E-state index contributed by atoms with van der Waals surface area (Å²) in [6.45, 7) is 0. The standard InChI is InChI=1S/C14H11ClO2S/c1-17-11-7-3-5-9-13(11)18-12-8-4-2-6-10(12)14(15)16/h2-9H,1H3. The summed E-state index contributed by atoms with van der Waals surface area (Å²) in [5.41, 5.74) is 0.509. The zero-order chi connectivity index (χ0) is 13.0. The summed E-state index contributed by atoms with van der Waals surface area (Å²) in [6, 6.07) is 14.9. The summed E-state index contributed by atoms with van der Waals surface area (Å²) in [5.74, 6) is 0.777. The third-order valence-electron chi connectivity index (χ3n) is 2.39. The van der Waals surface area contributed by atoms with Crippen molar-refractivity contribution in [2.45, 2.75) is 9.79 Å². The fourth-order valence-corrected chi connectivity index (χ4v) is 2.81. The molecule has 0 amide bonds. The predicted octanol–water partition coefficient (Wildman–Crippen LogP) is 4.23. The molecular formula is C14H11ClO2S. The highest BCUT2D eigenvalue weighted by Gasteiger charge is 2.11. The lowest BCUT2D eigenvalue weighted by molar-refractivity contribution is 0.107. The van der Waals surface area contributed by atoms with Gasteiger partial charge in [0, 0.05) is 10.5 Å². The summed E-state index contributed by atoms with van der Waals surface area (Å²) in [5, 5.41) is -0.451. The molecule has 0 heterocycles. The SMILES string of the molecule is COc1ccccc1Sc1ccccc1C(=O)Cl. The Morgan fingerprint density at radius 3 is 2.33 bits per heavy atom. The first kappa shape index (κ1) is 13.0. The second kappa shape index (κ2) is 5.94. The van der Waals surface area contributed by atoms with Crippen molar-refractivity contribution < 1.29 is 9.53 Å². The van der Waals surface area contributed by atoms with E-state index in [1.165, 1.54) is 11.8 Å². The molecule has 0 bridgehead atoms. The van der Waals surface area contributed by atoms with Gasteiger partial charge in [0.1, 0.15) is 5.75 Å². The van der Waals surface area contributed by atoms with Gasteiger partial charge in [0.25, 0.3) is 5.24 Å². The molecule has 0 unspecified atom stereocenters. The molecule has 0 fully saturated rings. The maximum Gasteiger partial charge on any atom is 0.253 e. The molecular weight excluding hydrogens is 268 g/mol. The molecule has 18 heavy (non-hydrogen) atoms. The van der Waals surface area contributed by atoms with Crippen LogP contribution in [0.3, 0.4) is 0 Å². The number of hydrogen-bond acceptors (Lipinski definition) is 3. The van der Waals surface area contributed by atoms with Crippen LogP contribution in [0.2, 0.25) is 0 Å². The molecule has 2 rings (SSSR count). The van der Waals surface area contributed by atoms with Gasteiger partial charge in [-0.3, -0.25) is 4.79 Å². The number of carbonyl (C=O) groups excluding carboxylic acids is 1. The Hall–Kier alpha value is -1.45. The lowest BCUT2D eigenvalue weighted by atomic mass is 10.2. The van der Waals surface area contributed by atoms with E-state index in [4.69, 9.17) is 16.3 Å². The van der Waals surface area contributed by atoms with Crippen LogP contribution in [0.4, 0.5) is 0 Å². The van der Waals surface area contributed by atoms with E-state index >= 15 is 0 Å². The van der Waals surface area contributed by atoms with Gasteiger partial charge in [-0.1, -0.05) is 36.0 Å². The molecule has 2 nitrogen and oxygen atoms in total. The lowest BCUT2D eigenvalue weighted by Crippen LogP contribution is -1.92. The highest BCUT2D eigenvalue weighted by molar-refractivity contribution is 7.99. The van der Waals surface area contributed by atoms with Crippen LogP contribution < -0.4 is 4.74 Å². The van der Waals surface area contributed by atoms with Gasteiger partial charge in [-0.15, -0.1) is 0 Å². The maximum absolute atomic E-state index is 11.3. The molecule has 0 aliphatic heterocycles. The topological polar surface area (TPSA) is 26.3 Å². The quantitative estimate of drug-likeness (QED) is 0.783. The van der Waals surface area contributed by atoms with Crippen molar-refractivity contribution in [3.05, 3.63) is 54.1 Å². The Bertz CT molecular complexity index is 569. The monoisotopic (exact) mass is 278 g/mol. The van der Waals surface area contributed by atoms with Crippen molar-refractivity contribution in [2.24, 2.45) is 0 Å². The lowest BCUT2D eigenvalue weighted by Gasteiger charge is -2.09. The van der Waals surface area contributed by atoms with Gasteiger partial charge in [-0.05, 0) is 35.9 Å². The van der Waals surface area contributed by atoms with E-state index in [9.17, 15) is 4.79 Å². The average molecular weight is 279 g/mol. The fraction of sp³-hybridized carbons (Fsp3) is 0.0714. The first-order valence-electron chi connectivity index (χ1n) is 5.32. The molecule has 0 radical (unpaired) electrons. The van der Waals surface area contributed by atoms with E-state index in [0.717, 1.165) is 15.5 Å². The van der Waals surface area contributed by atoms with Gasteiger partial charge in [-0.25, -0.2) is 0 Å². The first-order valence-corrected chi connectivity index (χ1v) is 6.51. The van der Waals surface area contributed by atoms with Crippen LogP contribution >= 0.6 is 23.4 Å². The molecule has 0 atom stereocenters. The highest BCUT2D eigenvalue weighted by Crippen LogP contribution is 2.36. The maximum atomic E-state index is 11.3. The van der Waals surface area contributed by atoms with Crippen molar-refractivity contribution in [1.82, 2.24) is 0 Å². The number of rotatable bonds is 4. The molecule has 2 aromatic rings. The number of ether oxygens (including phenoxy) is 1. The smallest absolute Gasteiger partial charge is 0.253 e. The highest BCUT2D eigenvalue weighted by atomic mass is 35.5. The van der Waals surface area contributed by atoms with Crippen LogP contribution in [0, 0.1) is 0 Å². The van der Waals surface area contributed by atoms with E-state index in [-0.39, 0.29) is 0 Å². The number of benzene rings is 2. The summed E-state index contributed by atoms with van der Waals surface area (Å²) >= 11 is 7.03. The summed E-state index contributed by atoms with van der Waals surface area (Å²) in [7, 11) is 1.62. The number of methoxy groups -OCH3 is 1. The Morgan fingerprint density at radius 2 is 1.67 bits per heavy atom. The van der Waals surface area contributed by atoms with Gasteiger partial charge < -0.3 is 4.74 Å². The van der Waals surface area contributed by atoms with Crippen LogP contribution in [0.5, 0.6) is 5.75 Å². The van der Waals surface area contributed by atoms with E-state index in [2.05, 4.69) is 0 Å². The van der Waals surface area contributed by atoms with Gasteiger partial charge in [-0.2, -0.15) is 0 Å². The summed E-state index contributed by atoms with van der Waals surface area (Å²) in [4.78, 5) is 13.1. The fourth-order valence-electron chi connectivity index (χ4n) is 1.54. The van der Waals surface area contributed by atoms with Crippen LogP contribution in [-0.2, 0) is 0 Å². The normalized spacial score (nSPS) is 10.1. The Balaban J connectivity index is 2.37. The van der Waals surface area contributed by atoms with Crippen LogP contribution in [-0.4, -0.2) is 12.4 Å². The zero-order valence-corrected chi connectivity index (χ0v) is 11.3. The van der Waals surface area contributed by atoms with Gasteiger partial charge >= 0.3 is 0 Å². The molecule has 92 valence electrons. The average Bonchev–Trinajstić information content (AvgIpc) is 2.40. The second-order valence-corrected chi connectivity index (χ2v) is 4.95. The minimum Gasteiger partial charge on any atom is -0.496 e. The second-order valence-electron chi connectivity index (χ2n) is 3.52. The van der Waals surface area contributed by atoms with E-state index in [1.54, 1.807) is 19.2 Å². The third-order valence-corrected chi connectivity index (χ3v) is 3.72. The summed E-state index contributed by atoms with van der Waals surface area (Å²) in [6.07, 6.45) is 0. The van der Waals surface area contributed by atoms with Crippen LogP contribution in [0.15, 0.2) is 58.3 Å². The van der Waals surface area contributed by atoms with Gasteiger partial charge in [0.2, 0.25) is 0 Å². The Kier molecular flexibility index (Phi) is 4.28. The molecule has 0 aliphatic rings. The van der Waals surface area contributed by atoms with Crippen molar-refractivity contribution in [3.8, 4) is 5.75 Å². The number of para-hydroxylation sites is 1. The third kappa shape index (κ3) is 2.86. The van der Waals surface area contributed by atoms with Gasteiger partial charge in [0.05, 0.1) is 12.0 Å². The molecule has 0 saturated heterocycles. The molecule has 0 saturated carbocycles. The van der Waals surface area contributed by atoms with Crippen molar-refractivity contribution in [2.75, 3.05) is 7.11 Å². The van der Waals surface area contributed by atoms with E-state index < -0.39 is 5.24 Å². The van der Waals surface area contributed by atoms with Crippen molar-refractivity contribution in [1.29, 1.82) is 0 Å². The van der Waals surface area contributed by atoms with E-state index in [1.807, 2.05) is 36.4 Å². The largest absolute Gasteiger partial charge is 0.496 e. The molecule has 2 aromatic carbocycles. The number of carbonyl (C=O) groups is 1. The van der Waals surface area contributed by atoms with Crippen molar-refractivity contribution in [3.63, 3.8) is 0 Å². The number of halogens is 1. The van der Waals surface area contributed by atoms with Crippen LogP contribution in [0.1, 0.15) is 10.4 Å². The minimum atomic E-state index is -0.451. The van der Waals surface area contributed by atoms with E-state index in [0.29, 0.717) is 5.56 Å². The van der Waals surface area contributed by atoms with Crippen molar-refractivity contribution >= 4 is 28.6 Å². The molecule has 0 spiro atoms. The Labute approximate surface area is 115 Å².